The Bertz CT molecular complexity index is 1140. The second-order valence-electron chi connectivity index (χ2n) is 7.86. The summed E-state index contributed by atoms with van der Waals surface area (Å²) in [5.41, 5.74) is 14.3. The van der Waals surface area contributed by atoms with Crippen LogP contribution in [0.25, 0.3) is 17.0 Å². The summed E-state index contributed by atoms with van der Waals surface area (Å²) in [5, 5.41) is 22.3. The lowest BCUT2D eigenvalue weighted by atomic mass is 10.0. The number of aromatic nitrogens is 4. The van der Waals surface area contributed by atoms with Gasteiger partial charge in [0.2, 0.25) is 5.95 Å². The molecule has 0 radical (unpaired) electrons. The SMILES string of the molecule is Nc1ncc2ccc(/C=C/C3CC(N4CCc5c(N)ncnc54)C(O)C3O)cc2n1. The molecule has 1 fully saturated rings. The number of fused-ring (bicyclic) bond motifs is 2. The van der Waals surface area contributed by atoms with Crippen LogP contribution < -0.4 is 16.4 Å². The third-order valence-corrected chi connectivity index (χ3v) is 6.09. The predicted octanol–water partition coefficient (Wildman–Crippen LogP) is 0.770. The summed E-state index contributed by atoms with van der Waals surface area (Å²) in [6.07, 6.45) is 6.66. The molecular weight excluding hydrogens is 382 g/mol. The van der Waals surface area contributed by atoms with Crippen molar-refractivity contribution in [3.63, 3.8) is 0 Å². The predicted molar refractivity (Wildman–Crippen MR) is 114 cm³/mol. The second kappa shape index (κ2) is 7.19. The van der Waals surface area contributed by atoms with Crippen molar-refractivity contribution < 1.29 is 10.2 Å². The van der Waals surface area contributed by atoms with Gasteiger partial charge in [-0.1, -0.05) is 24.3 Å². The molecule has 9 nitrogen and oxygen atoms in total. The summed E-state index contributed by atoms with van der Waals surface area (Å²) < 4.78 is 0. The molecule has 0 bridgehead atoms. The maximum absolute atomic E-state index is 10.7. The second-order valence-corrected chi connectivity index (χ2v) is 7.86. The number of anilines is 3. The Balaban J connectivity index is 1.36. The average Bonchev–Trinajstić information content (AvgIpc) is 3.29. The first-order valence-corrected chi connectivity index (χ1v) is 9.94. The molecular formula is C21H23N7O2. The van der Waals surface area contributed by atoms with Crippen LogP contribution in [-0.2, 0) is 6.42 Å². The minimum absolute atomic E-state index is 0.181. The highest BCUT2D eigenvalue weighted by Crippen LogP contribution is 2.38. The van der Waals surface area contributed by atoms with Crippen molar-refractivity contribution in [1.29, 1.82) is 0 Å². The number of nitrogens with zero attached hydrogens (tertiary/aromatic N) is 5. The largest absolute Gasteiger partial charge is 0.390 e. The molecule has 2 aromatic heterocycles. The van der Waals surface area contributed by atoms with E-state index in [1.807, 2.05) is 35.3 Å². The number of nitrogens with two attached hydrogens (primary N) is 2. The lowest BCUT2D eigenvalue weighted by molar-refractivity contribution is 0.0229. The van der Waals surface area contributed by atoms with Crippen LogP contribution in [0.1, 0.15) is 17.5 Å². The number of benzene rings is 1. The van der Waals surface area contributed by atoms with Gasteiger partial charge < -0.3 is 26.6 Å². The summed E-state index contributed by atoms with van der Waals surface area (Å²) in [6.45, 7) is 0.703. The van der Waals surface area contributed by atoms with Crippen LogP contribution in [0.15, 0.2) is 36.8 Å². The molecule has 1 aromatic carbocycles. The number of hydrogen-bond donors (Lipinski definition) is 4. The molecule has 1 aliphatic carbocycles. The van der Waals surface area contributed by atoms with Gasteiger partial charge >= 0.3 is 0 Å². The molecule has 4 unspecified atom stereocenters. The smallest absolute Gasteiger partial charge is 0.220 e. The third-order valence-electron chi connectivity index (χ3n) is 6.09. The van der Waals surface area contributed by atoms with Crippen LogP contribution in [0.3, 0.4) is 0 Å². The highest BCUT2D eigenvalue weighted by molar-refractivity contribution is 5.81. The number of rotatable bonds is 3. The van der Waals surface area contributed by atoms with Gasteiger partial charge in [0.05, 0.1) is 17.7 Å². The highest BCUT2D eigenvalue weighted by Gasteiger charge is 2.45. The highest BCUT2D eigenvalue weighted by atomic mass is 16.3. The van der Waals surface area contributed by atoms with E-state index in [0.29, 0.717) is 18.8 Å². The molecule has 0 amide bonds. The number of hydrogen-bond acceptors (Lipinski definition) is 9. The summed E-state index contributed by atoms with van der Waals surface area (Å²) in [7, 11) is 0. The molecule has 5 rings (SSSR count). The molecule has 0 spiro atoms. The molecule has 4 atom stereocenters. The summed E-state index contributed by atoms with van der Waals surface area (Å²) >= 11 is 0. The number of nitrogen functional groups attached to an aromatic ring is 2. The zero-order chi connectivity index (χ0) is 20.8. The van der Waals surface area contributed by atoms with Crippen molar-refractivity contribution in [2.75, 3.05) is 22.9 Å². The van der Waals surface area contributed by atoms with Gasteiger partial charge in [0.25, 0.3) is 0 Å². The monoisotopic (exact) mass is 405 g/mol. The van der Waals surface area contributed by atoms with Crippen LogP contribution in [0.4, 0.5) is 17.6 Å². The molecule has 1 saturated carbocycles. The summed E-state index contributed by atoms with van der Waals surface area (Å²) in [6, 6.07) is 5.59. The molecule has 154 valence electrons. The molecule has 9 heteroatoms. The van der Waals surface area contributed by atoms with E-state index < -0.39 is 12.2 Å². The van der Waals surface area contributed by atoms with Gasteiger partial charge in [-0.05, 0) is 24.5 Å². The maximum Gasteiger partial charge on any atom is 0.220 e. The van der Waals surface area contributed by atoms with Crippen LogP contribution in [-0.4, -0.2) is 54.9 Å². The first-order chi connectivity index (χ1) is 14.5. The van der Waals surface area contributed by atoms with E-state index in [1.54, 1.807) is 6.20 Å². The fourth-order valence-corrected chi connectivity index (χ4v) is 4.50. The van der Waals surface area contributed by atoms with Crippen LogP contribution in [0.2, 0.25) is 0 Å². The van der Waals surface area contributed by atoms with E-state index in [9.17, 15) is 10.2 Å². The Hall–Kier alpha value is -3.30. The van der Waals surface area contributed by atoms with Crippen molar-refractivity contribution in [1.82, 2.24) is 19.9 Å². The number of aliphatic hydroxyl groups excluding tert-OH is 2. The van der Waals surface area contributed by atoms with Gasteiger partial charge in [0, 0.05) is 29.6 Å². The fourth-order valence-electron chi connectivity index (χ4n) is 4.50. The first-order valence-electron chi connectivity index (χ1n) is 9.94. The van der Waals surface area contributed by atoms with Crippen molar-refractivity contribution >= 4 is 34.6 Å². The Morgan fingerprint density at radius 2 is 1.97 bits per heavy atom. The quantitative estimate of drug-likeness (QED) is 0.496. The maximum atomic E-state index is 10.7. The minimum atomic E-state index is -0.870. The molecule has 3 aromatic rings. The first kappa shape index (κ1) is 18.7. The van der Waals surface area contributed by atoms with E-state index in [1.165, 1.54) is 6.33 Å². The standard InChI is InChI=1S/C21H23N7O2/c22-19-14-5-6-28(20(14)26-10-25-19)16-8-12(17(29)18(16)30)3-1-11-2-4-13-9-24-21(23)27-15(13)7-11/h1-4,7,9-10,12,16-18,29-30H,5-6,8H2,(H2,22,25,26)(H2,23,24,27)/b3-1+. The fraction of sp³-hybridized carbons (Fsp3) is 0.333. The third kappa shape index (κ3) is 3.12. The Morgan fingerprint density at radius 1 is 1.10 bits per heavy atom. The normalized spacial score (nSPS) is 26.0. The lowest BCUT2D eigenvalue weighted by Crippen LogP contribution is -2.43. The van der Waals surface area contributed by atoms with E-state index in [4.69, 9.17) is 11.5 Å². The molecule has 2 aliphatic rings. The minimum Gasteiger partial charge on any atom is -0.390 e. The summed E-state index contributed by atoms with van der Waals surface area (Å²) in [4.78, 5) is 18.7. The topological polar surface area (TPSA) is 147 Å². The molecule has 30 heavy (non-hydrogen) atoms. The van der Waals surface area contributed by atoms with Gasteiger partial charge in [-0.2, -0.15) is 0 Å². The van der Waals surface area contributed by atoms with Gasteiger partial charge in [-0.3, -0.25) is 0 Å². The Labute approximate surface area is 173 Å². The van der Waals surface area contributed by atoms with Gasteiger partial charge in [0.15, 0.2) is 0 Å². The molecule has 6 N–H and O–H groups in total. The van der Waals surface area contributed by atoms with Crippen molar-refractivity contribution in [3.8, 4) is 0 Å². The molecule has 3 heterocycles. The lowest BCUT2D eigenvalue weighted by Gasteiger charge is -2.28. The Kier molecular flexibility index (Phi) is 4.48. The van der Waals surface area contributed by atoms with Crippen LogP contribution in [0.5, 0.6) is 0 Å². The van der Waals surface area contributed by atoms with Crippen LogP contribution >= 0.6 is 0 Å². The molecule has 0 saturated heterocycles. The van der Waals surface area contributed by atoms with Gasteiger partial charge in [-0.25, -0.2) is 19.9 Å². The zero-order valence-electron chi connectivity index (χ0n) is 16.3. The van der Waals surface area contributed by atoms with Gasteiger partial charge in [0.1, 0.15) is 24.1 Å². The van der Waals surface area contributed by atoms with Crippen molar-refractivity contribution in [3.05, 3.63) is 47.9 Å². The van der Waals surface area contributed by atoms with E-state index in [0.717, 1.165) is 34.3 Å². The van der Waals surface area contributed by atoms with Crippen molar-refractivity contribution in [2.45, 2.75) is 31.1 Å². The van der Waals surface area contributed by atoms with E-state index >= 15 is 0 Å². The average molecular weight is 405 g/mol. The Morgan fingerprint density at radius 3 is 2.83 bits per heavy atom. The zero-order valence-corrected chi connectivity index (χ0v) is 16.3. The summed E-state index contributed by atoms with van der Waals surface area (Å²) in [5.74, 6) is 1.29. The van der Waals surface area contributed by atoms with Crippen LogP contribution in [0, 0.1) is 5.92 Å². The van der Waals surface area contributed by atoms with E-state index in [2.05, 4.69) is 19.9 Å². The molecule has 1 aliphatic heterocycles. The van der Waals surface area contributed by atoms with Crippen molar-refractivity contribution in [2.24, 2.45) is 5.92 Å². The number of aliphatic hydroxyl groups is 2. The van der Waals surface area contributed by atoms with E-state index in [-0.39, 0.29) is 17.9 Å². The van der Waals surface area contributed by atoms with Gasteiger partial charge in [-0.15, -0.1) is 0 Å².